The van der Waals surface area contributed by atoms with Gasteiger partial charge in [0, 0.05) is 6.04 Å². The molecule has 0 aliphatic carbocycles. The number of piperidine rings is 1. The number of nitrogens with zero attached hydrogens (tertiary/aromatic N) is 2. The van der Waals surface area contributed by atoms with Crippen LogP contribution in [0, 0.1) is 5.92 Å². The summed E-state index contributed by atoms with van der Waals surface area (Å²) in [5.74, 6) is 0.898. The number of hydrogen-bond donors (Lipinski definition) is 1. The van der Waals surface area contributed by atoms with Crippen LogP contribution >= 0.6 is 0 Å². The van der Waals surface area contributed by atoms with Gasteiger partial charge in [0.05, 0.1) is 0 Å². The van der Waals surface area contributed by atoms with E-state index in [0.717, 1.165) is 5.92 Å². The minimum Gasteiger partial charge on any atom is -0.314 e. The molecule has 1 N–H and O–H groups in total. The maximum absolute atomic E-state index is 3.78. The summed E-state index contributed by atoms with van der Waals surface area (Å²) < 4.78 is 0. The van der Waals surface area contributed by atoms with Crippen molar-refractivity contribution in [2.24, 2.45) is 5.92 Å². The monoisotopic (exact) mass is 281 g/mol. The second-order valence-electron chi connectivity index (χ2n) is 6.82. The Balaban J connectivity index is 1.52. The molecule has 0 bridgehead atoms. The number of likely N-dealkylation sites (tertiary alicyclic amines) is 2. The van der Waals surface area contributed by atoms with Gasteiger partial charge < -0.3 is 15.1 Å². The van der Waals surface area contributed by atoms with E-state index in [1.54, 1.807) is 0 Å². The Hall–Kier alpha value is -0.120. The summed E-state index contributed by atoms with van der Waals surface area (Å²) in [4.78, 5) is 5.26. The van der Waals surface area contributed by atoms with E-state index in [2.05, 4.69) is 29.0 Å². The molecule has 2 fully saturated rings. The van der Waals surface area contributed by atoms with Crippen LogP contribution in [-0.2, 0) is 0 Å². The highest BCUT2D eigenvalue weighted by atomic mass is 15.1. The van der Waals surface area contributed by atoms with Gasteiger partial charge in [-0.15, -0.1) is 0 Å². The molecule has 0 amide bonds. The summed E-state index contributed by atoms with van der Waals surface area (Å²) >= 11 is 0. The van der Waals surface area contributed by atoms with E-state index in [-0.39, 0.29) is 0 Å². The first-order valence-electron chi connectivity index (χ1n) is 8.97. The van der Waals surface area contributed by atoms with E-state index in [0.29, 0.717) is 6.04 Å². The molecule has 0 aromatic carbocycles. The molecular weight excluding hydrogens is 246 g/mol. The summed E-state index contributed by atoms with van der Waals surface area (Å²) in [5, 5.41) is 3.78. The Morgan fingerprint density at radius 3 is 2.30 bits per heavy atom. The summed E-state index contributed by atoms with van der Waals surface area (Å²) in [6.45, 7) is 13.8. The fourth-order valence-electron chi connectivity index (χ4n) is 3.80. The first-order valence-corrected chi connectivity index (χ1v) is 8.97. The number of rotatable bonds is 8. The fraction of sp³-hybridized carbons (Fsp3) is 1.00. The molecule has 0 spiro atoms. The Morgan fingerprint density at radius 2 is 1.65 bits per heavy atom. The van der Waals surface area contributed by atoms with Crippen LogP contribution < -0.4 is 5.32 Å². The minimum atomic E-state index is 0.706. The average Bonchev–Trinajstić information content (AvgIpc) is 2.98. The summed E-state index contributed by atoms with van der Waals surface area (Å²) in [7, 11) is 0. The Bertz CT molecular complexity index is 243. The number of hydrogen-bond acceptors (Lipinski definition) is 3. The van der Waals surface area contributed by atoms with Crippen LogP contribution in [0.25, 0.3) is 0 Å². The van der Waals surface area contributed by atoms with E-state index < -0.39 is 0 Å². The van der Waals surface area contributed by atoms with Gasteiger partial charge in [-0.3, -0.25) is 0 Å². The highest BCUT2D eigenvalue weighted by Crippen LogP contribution is 2.20. The van der Waals surface area contributed by atoms with Gasteiger partial charge in [0.1, 0.15) is 0 Å². The third-order valence-electron chi connectivity index (χ3n) is 5.20. The molecule has 2 heterocycles. The highest BCUT2D eigenvalue weighted by molar-refractivity contribution is 4.79. The van der Waals surface area contributed by atoms with Crippen molar-refractivity contribution < 1.29 is 0 Å². The molecule has 0 aromatic heterocycles. The SMILES string of the molecule is CCCN1CCC(C(C)NCCCN2CCCC2)CC1. The molecule has 0 radical (unpaired) electrons. The fourth-order valence-corrected chi connectivity index (χ4v) is 3.80. The molecule has 2 aliphatic heterocycles. The van der Waals surface area contributed by atoms with E-state index in [1.165, 1.54) is 84.3 Å². The van der Waals surface area contributed by atoms with Crippen LogP contribution in [0.4, 0.5) is 0 Å². The van der Waals surface area contributed by atoms with E-state index >= 15 is 0 Å². The van der Waals surface area contributed by atoms with Crippen molar-refractivity contribution in [3.63, 3.8) is 0 Å². The third kappa shape index (κ3) is 5.34. The summed E-state index contributed by atoms with van der Waals surface area (Å²) in [6, 6.07) is 0.706. The van der Waals surface area contributed by atoms with E-state index in [9.17, 15) is 0 Å². The van der Waals surface area contributed by atoms with Crippen LogP contribution in [0.2, 0.25) is 0 Å². The molecule has 2 aliphatic rings. The van der Waals surface area contributed by atoms with Gasteiger partial charge in [-0.1, -0.05) is 6.92 Å². The quantitative estimate of drug-likeness (QED) is 0.690. The van der Waals surface area contributed by atoms with Gasteiger partial charge in [-0.2, -0.15) is 0 Å². The normalized spacial score (nSPS) is 24.3. The second kappa shape index (κ2) is 9.01. The van der Waals surface area contributed by atoms with Crippen molar-refractivity contribution in [3.8, 4) is 0 Å². The van der Waals surface area contributed by atoms with Gasteiger partial charge in [0.25, 0.3) is 0 Å². The third-order valence-corrected chi connectivity index (χ3v) is 5.20. The molecule has 3 heteroatoms. The molecule has 1 atom stereocenters. The first kappa shape index (κ1) is 16.3. The lowest BCUT2D eigenvalue weighted by atomic mass is 9.90. The molecule has 1 unspecified atom stereocenters. The molecular formula is C17H35N3. The highest BCUT2D eigenvalue weighted by Gasteiger charge is 2.23. The maximum Gasteiger partial charge on any atom is 0.00679 e. The van der Waals surface area contributed by atoms with E-state index in [1.807, 2.05) is 0 Å². The van der Waals surface area contributed by atoms with Crippen molar-refractivity contribution in [3.05, 3.63) is 0 Å². The molecule has 0 aromatic rings. The van der Waals surface area contributed by atoms with Crippen molar-refractivity contribution in [1.82, 2.24) is 15.1 Å². The second-order valence-corrected chi connectivity index (χ2v) is 6.82. The average molecular weight is 281 g/mol. The molecule has 20 heavy (non-hydrogen) atoms. The van der Waals surface area contributed by atoms with Crippen molar-refractivity contribution >= 4 is 0 Å². The van der Waals surface area contributed by atoms with Crippen LogP contribution in [0.1, 0.15) is 52.4 Å². The zero-order valence-electron chi connectivity index (χ0n) is 13.7. The Labute approximate surface area is 126 Å². The lowest BCUT2D eigenvalue weighted by Crippen LogP contribution is -2.42. The van der Waals surface area contributed by atoms with Crippen molar-refractivity contribution in [2.45, 2.75) is 58.4 Å². The lowest BCUT2D eigenvalue weighted by molar-refractivity contribution is 0.162. The van der Waals surface area contributed by atoms with Gasteiger partial charge in [0.2, 0.25) is 0 Å². The van der Waals surface area contributed by atoms with Crippen LogP contribution in [0.15, 0.2) is 0 Å². The molecule has 3 nitrogen and oxygen atoms in total. The molecule has 2 saturated heterocycles. The smallest absolute Gasteiger partial charge is 0.00679 e. The summed E-state index contributed by atoms with van der Waals surface area (Å²) in [5.41, 5.74) is 0. The van der Waals surface area contributed by atoms with Crippen molar-refractivity contribution in [1.29, 1.82) is 0 Å². The van der Waals surface area contributed by atoms with E-state index in [4.69, 9.17) is 0 Å². The van der Waals surface area contributed by atoms with Crippen LogP contribution in [0.5, 0.6) is 0 Å². The molecule has 2 rings (SSSR count). The predicted molar refractivity (Wildman–Crippen MR) is 87.2 cm³/mol. The topological polar surface area (TPSA) is 18.5 Å². The van der Waals surface area contributed by atoms with Crippen molar-refractivity contribution in [2.75, 3.05) is 45.8 Å². The van der Waals surface area contributed by atoms with Gasteiger partial charge in [-0.25, -0.2) is 0 Å². The largest absolute Gasteiger partial charge is 0.314 e. The number of nitrogens with one attached hydrogen (secondary N) is 1. The first-order chi connectivity index (χ1) is 9.79. The zero-order chi connectivity index (χ0) is 14.2. The zero-order valence-corrected chi connectivity index (χ0v) is 13.7. The Kier molecular flexibility index (Phi) is 7.32. The maximum atomic E-state index is 3.78. The van der Waals surface area contributed by atoms with Gasteiger partial charge in [0.15, 0.2) is 0 Å². The molecule has 0 saturated carbocycles. The Morgan fingerprint density at radius 1 is 1.00 bits per heavy atom. The van der Waals surface area contributed by atoms with Gasteiger partial charge in [-0.05, 0) is 97.2 Å². The molecule has 118 valence electrons. The minimum absolute atomic E-state index is 0.706. The predicted octanol–water partition coefficient (Wildman–Crippen LogP) is 2.57. The standard InChI is InChI=1S/C17H35N3/c1-3-10-19-14-7-17(8-15-19)16(2)18-9-6-13-20-11-4-5-12-20/h16-18H,3-15H2,1-2H3. The lowest BCUT2D eigenvalue weighted by Gasteiger charge is -2.35. The van der Waals surface area contributed by atoms with Crippen LogP contribution in [0.3, 0.4) is 0 Å². The summed E-state index contributed by atoms with van der Waals surface area (Å²) in [6.07, 6.45) is 8.23. The van der Waals surface area contributed by atoms with Gasteiger partial charge >= 0.3 is 0 Å². The van der Waals surface area contributed by atoms with Crippen LogP contribution in [-0.4, -0.2) is 61.7 Å².